The molecule has 0 heterocycles. The molecule has 2 atom stereocenters. The van der Waals surface area contributed by atoms with Gasteiger partial charge < -0.3 is 10.6 Å². The van der Waals surface area contributed by atoms with Crippen molar-refractivity contribution < 1.29 is 31.3 Å². The van der Waals surface area contributed by atoms with E-state index < -0.39 is 0 Å². The summed E-state index contributed by atoms with van der Waals surface area (Å²) in [7, 11) is 0. The summed E-state index contributed by atoms with van der Waals surface area (Å²) in [5.74, 6) is 0. The van der Waals surface area contributed by atoms with E-state index in [1.54, 1.807) is 0 Å². The number of fused-ring (bicyclic) bond motifs is 3. The van der Waals surface area contributed by atoms with E-state index in [0.29, 0.717) is 0 Å². The summed E-state index contributed by atoms with van der Waals surface area (Å²) in [6, 6.07) is 38.6. The zero-order chi connectivity index (χ0) is 24.8. The molecule has 0 aliphatic heterocycles. The first-order valence-electron chi connectivity index (χ1n) is 10.3. The van der Waals surface area contributed by atoms with Crippen LogP contribution in [0.1, 0.15) is 23.2 Å². The Hall–Kier alpha value is -3.77. The Morgan fingerprint density at radius 2 is 0.714 bits per heavy atom. The van der Waals surface area contributed by atoms with Gasteiger partial charge in [-0.25, -0.2) is 0 Å². The van der Waals surface area contributed by atoms with E-state index in [2.05, 4.69) is 140 Å². The minimum atomic E-state index is 0. The van der Waals surface area contributed by atoms with E-state index in [9.17, 15) is 0 Å². The molecule has 4 aromatic rings. The average Bonchev–Trinajstić information content (AvgIpc) is 2.95. The minimum Gasteiger partial charge on any atom is -0.376 e. The minimum absolute atomic E-state index is 0. The maximum atomic E-state index is 7.50. The van der Waals surface area contributed by atoms with Gasteiger partial charge in [0.15, 0.2) is 0 Å². The second-order valence-corrected chi connectivity index (χ2v) is 7.15. The Morgan fingerprint density at radius 1 is 0.429 bits per heavy atom. The number of hydrogen-bond donors (Lipinski definition) is 2. The first kappa shape index (κ1) is 29.3. The number of nitrogens with one attached hydrogen (secondary N) is 2. The Morgan fingerprint density at radius 3 is 1.06 bits per heavy atom. The van der Waals surface area contributed by atoms with E-state index >= 15 is 0 Å². The molecule has 0 saturated carbocycles. The van der Waals surface area contributed by atoms with Gasteiger partial charge in [0, 0.05) is 28.7 Å². The molecule has 5 nitrogen and oxygen atoms in total. The van der Waals surface area contributed by atoms with Crippen LogP contribution in [-0.2, 0) is 31.3 Å². The molecule has 172 valence electrons. The van der Waals surface area contributed by atoms with Gasteiger partial charge in [0.1, 0.15) is 0 Å². The monoisotopic (exact) mass is 498 g/mol. The molecule has 0 spiro atoms. The second-order valence-electron chi connectivity index (χ2n) is 7.15. The molecule has 1 aliphatic carbocycles. The molecule has 0 aromatic heterocycles. The van der Waals surface area contributed by atoms with Crippen molar-refractivity contribution in [1.29, 1.82) is 0 Å². The topological polar surface area (TPSA) is 83.8 Å². The summed E-state index contributed by atoms with van der Waals surface area (Å²) in [5.41, 5.74) is 7.50. The molecule has 1 aliphatic rings. The van der Waals surface area contributed by atoms with Crippen LogP contribution in [0.2, 0.25) is 0 Å². The van der Waals surface area contributed by atoms with Crippen molar-refractivity contribution in [1.82, 2.24) is 0 Å². The third-order valence-corrected chi connectivity index (χ3v) is 5.41. The second kappa shape index (κ2) is 16.0. The van der Waals surface area contributed by atoms with Gasteiger partial charge in [0.25, 0.3) is 0 Å². The Kier molecular flexibility index (Phi) is 13.3. The van der Waals surface area contributed by atoms with Gasteiger partial charge in [-0.15, -0.1) is 0 Å². The number of benzene rings is 4. The average molecular weight is 499 g/mol. The summed E-state index contributed by atoms with van der Waals surface area (Å²) >= 11 is 0. The van der Waals surface area contributed by atoms with Gasteiger partial charge in [-0.3, -0.25) is 0 Å². The molecule has 35 heavy (non-hydrogen) atoms. The van der Waals surface area contributed by atoms with Gasteiger partial charge in [0.2, 0.25) is 0 Å². The number of hydrogen-bond acceptors (Lipinski definition) is 2. The third-order valence-electron chi connectivity index (χ3n) is 5.41. The predicted octanol–water partition coefficient (Wildman–Crippen LogP) is 6.56. The molecule has 0 bridgehead atoms. The zero-order valence-electron chi connectivity index (χ0n) is 18.7. The van der Waals surface area contributed by atoms with E-state index in [1.165, 1.54) is 22.3 Å². The van der Waals surface area contributed by atoms with E-state index in [1.807, 2.05) is 0 Å². The molecule has 0 fully saturated rings. The summed E-state index contributed by atoms with van der Waals surface area (Å²) in [6.07, 6.45) is 0. The molecule has 6 heteroatoms. The van der Waals surface area contributed by atoms with Crippen LogP contribution in [0.15, 0.2) is 109 Å². The summed E-state index contributed by atoms with van der Waals surface area (Å²) in [6.45, 7) is 13.5. The number of anilines is 2. The zero-order valence-corrected chi connectivity index (χ0v) is 20.0. The van der Waals surface area contributed by atoms with Crippen molar-refractivity contribution in [2.45, 2.75) is 12.1 Å². The molecule has 4 aromatic carbocycles. The van der Waals surface area contributed by atoms with Crippen molar-refractivity contribution in [3.8, 4) is 11.1 Å². The molecule has 2 N–H and O–H groups in total. The Bertz CT molecular complexity index is 1120. The molecular weight excluding hydrogens is 476 g/mol. The molecule has 5 rings (SSSR count). The van der Waals surface area contributed by atoms with Crippen molar-refractivity contribution in [2.24, 2.45) is 0 Å². The van der Waals surface area contributed by atoms with Gasteiger partial charge >= 0.3 is 33.9 Å². The molecule has 0 amide bonds. The van der Waals surface area contributed by atoms with Gasteiger partial charge in [-0.1, -0.05) is 84.9 Å². The smallest absolute Gasteiger partial charge is 0.0763 e. The summed E-state index contributed by atoms with van der Waals surface area (Å²) in [5, 5.41) is 7.57. The van der Waals surface area contributed by atoms with Crippen LogP contribution in [-0.4, -0.2) is 0 Å². The normalized spacial score (nSPS) is 14.0. The third kappa shape index (κ3) is 7.11. The van der Waals surface area contributed by atoms with Crippen LogP contribution in [0.4, 0.5) is 11.4 Å². The predicted molar refractivity (Wildman–Crippen MR) is 129 cm³/mol. The van der Waals surface area contributed by atoms with E-state index in [0.717, 1.165) is 11.4 Å². The summed E-state index contributed by atoms with van der Waals surface area (Å²) < 4.78 is 22.5. The van der Waals surface area contributed by atoms with Crippen molar-refractivity contribution in [3.05, 3.63) is 140 Å². The standard InChI is InChI=1S/C26H22N2.3CO.Cr/c1-3-11-19(12-4-1)27-25-23-17-9-7-15-21(23)22-16-8-10-18-24(22)26(25)28-20-13-5-2-6-14-20;3*1-2;/h1-18,25-28H;;;;/t25-,26-;;;;/m0..../s1. The van der Waals surface area contributed by atoms with Crippen molar-refractivity contribution >= 4 is 11.4 Å². The van der Waals surface area contributed by atoms with Crippen LogP contribution >= 0.6 is 0 Å². The number of para-hydroxylation sites is 2. The maximum Gasteiger partial charge on any atom is 0.0763 e. The maximum absolute atomic E-state index is 7.50. The molecular formula is C29H22CrN2O3. The fraction of sp³-hybridized carbons (Fsp3) is 0.0690. The first-order chi connectivity index (χ1) is 16.9. The largest absolute Gasteiger partial charge is 0.376 e. The van der Waals surface area contributed by atoms with Gasteiger partial charge in [-0.05, 0) is 46.5 Å². The first-order valence-corrected chi connectivity index (χ1v) is 10.3. The van der Waals surface area contributed by atoms with Crippen LogP contribution in [0.3, 0.4) is 0 Å². The fourth-order valence-electron chi connectivity index (χ4n) is 4.14. The van der Waals surface area contributed by atoms with Crippen LogP contribution in [0.5, 0.6) is 0 Å². The van der Waals surface area contributed by atoms with Crippen LogP contribution in [0.25, 0.3) is 11.1 Å². The summed E-state index contributed by atoms with van der Waals surface area (Å²) in [4.78, 5) is 0. The fourth-order valence-corrected chi connectivity index (χ4v) is 4.14. The van der Waals surface area contributed by atoms with E-state index in [-0.39, 0.29) is 29.4 Å². The molecule has 0 radical (unpaired) electrons. The molecule has 0 unspecified atom stereocenters. The Labute approximate surface area is 216 Å². The van der Waals surface area contributed by atoms with Gasteiger partial charge in [-0.2, -0.15) is 0 Å². The van der Waals surface area contributed by atoms with Crippen LogP contribution in [0, 0.1) is 20.0 Å². The molecule has 0 saturated heterocycles. The Balaban J connectivity index is 0.000000816. The SMILES string of the molecule is [C-]#[O+].[C-]#[O+].[C-]#[O+].[Cr].c1ccc(N[C@H]2c3ccccc3-c3ccccc3[C@@H]2Nc2ccccc2)cc1. The van der Waals surface area contributed by atoms with Crippen molar-refractivity contribution in [2.75, 3.05) is 10.6 Å². The van der Waals surface area contributed by atoms with E-state index in [4.69, 9.17) is 14.0 Å². The van der Waals surface area contributed by atoms with Crippen molar-refractivity contribution in [3.63, 3.8) is 0 Å². The van der Waals surface area contributed by atoms with Gasteiger partial charge in [0.05, 0.1) is 12.1 Å². The number of rotatable bonds is 4. The quantitative estimate of drug-likeness (QED) is 0.247. The van der Waals surface area contributed by atoms with Crippen LogP contribution < -0.4 is 10.6 Å².